The van der Waals surface area contributed by atoms with E-state index in [1.807, 2.05) is 24.3 Å². The van der Waals surface area contributed by atoms with Crippen molar-refractivity contribution in [3.05, 3.63) is 54.2 Å². The number of hydrogen-bond donors (Lipinski definition) is 1. The van der Waals surface area contributed by atoms with E-state index in [4.69, 9.17) is 14.0 Å². The number of anilines is 1. The highest BCUT2D eigenvalue weighted by molar-refractivity contribution is 6.02. The summed E-state index contributed by atoms with van der Waals surface area (Å²) in [6.07, 6.45) is 5.39. The predicted molar refractivity (Wildman–Crippen MR) is 95.0 cm³/mol. The fourth-order valence-electron chi connectivity index (χ4n) is 3.04. The van der Waals surface area contributed by atoms with Crippen LogP contribution in [0.2, 0.25) is 0 Å². The van der Waals surface area contributed by atoms with Gasteiger partial charge >= 0.3 is 0 Å². The zero-order valence-corrected chi connectivity index (χ0v) is 14.5. The van der Waals surface area contributed by atoms with Crippen LogP contribution >= 0.6 is 0 Å². The van der Waals surface area contributed by atoms with Crippen LogP contribution in [0.3, 0.4) is 0 Å². The normalized spacial score (nSPS) is 18.3. The summed E-state index contributed by atoms with van der Waals surface area (Å²) in [5, 5.41) is 10.9. The molecule has 1 N–H and O–H groups in total. The van der Waals surface area contributed by atoms with Crippen molar-refractivity contribution >= 4 is 11.6 Å². The van der Waals surface area contributed by atoms with Gasteiger partial charge in [-0.2, -0.15) is 5.10 Å². The number of amides is 1. The van der Waals surface area contributed by atoms with Crippen molar-refractivity contribution < 1.29 is 18.8 Å². The Morgan fingerprint density at radius 2 is 2.11 bits per heavy atom. The molecule has 1 aliphatic carbocycles. The molecule has 0 saturated heterocycles. The van der Waals surface area contributed by atoms with E-state index in [1.54, 1.807) is 23.1 Å². The molecule has 27 heavy (non-hydrogen) atoms. The largest absolute Gasteiger partial charge is 0.486 e. The molecule has 0 radical (unpaired) electrons. The van der Waals surface area contributed by atoms with Crippen LogP contribution in [-0.4, -0.2) is 33.6 Å². The molecule has 1 unspecified atom stereocenters. The Morgan fingerprint density at radius 1 is 1.26 bits per heavy atom. The SMILES string of the molecule is O=C(Nc1cnn(CC2COc3ccccc3O2)c1)c1cc(C2CC2)on1. The molecule has 1 fully saturated rings. The van der Waals surface area contributed by atoms with Gasteiger partial charge in [0.25, 0.3) is 5.91 Å². The number of carbonyl (C=O) groups is 1. The third kappa shape index (κ3) is 3.38. The quantitative estimate of drug-likeness (QED) is 0.747. The molecule has 1 atom stereocenters. The van der Waals surface area contributed by atoms with Crippen LogP contribution in [0, 0.1) is 0 Å². The van der Waals surface area contributed by atoms with E-state index in [-0.39, 0.29) is 17.7 Å². The lowest BCUT2D eigenvalue weighted by molar-refractivity contribution is 0.0759. The van der Waals surface area contributed by atoms with Crippen LogP contribution in [-0.2, 0) is 6.54 Å². The maximum Gasteiger partial charge on any atom is 0.277 e. The molecule has 1 amide bonds. The van der Waals surface area contributed by atoms with Gasteiger partial charge < -0.3 is 19.3 Å². The van der Waals surface area contributed by atoms with Gasteiger partial charge in [0, 0.05) is 18.2 Å². The van der Waals surface area contributed by atoms with Gasteiger partial charge in [-0.05, 0) is 25.0 Å². The molecule has 0 spiro atoms. The summed E-state index contributed by atoms with van der Waals surface area (Å²) < 4.78 is 18.6. The van der Waals surface area contributed by atoms with Crippen molar-refractivity contribution in [1.82, 2.24) is 14.9 Å². The molecule has 3 heterocycles. The molecule has 3 aromatic rings. The summed E-state index contributed by atoms with van der Waals surface area (Å²) in [5.41, 5.74) is 0.873. The highest BCUT2D eigenvalue weighted by Gasteiger charge is 2.29. The number of ether oxygens (including phenoxy) is 2. The van der Waals surface area contributed by atoms with Crippen molar-refractivity contribution in [2.45, 2.75) is 31.4 Å². The van der Waals surface area contributed by atoms with E-state index in [0.717, 1.165) is 30.1 Å². The topological polar surface area (TPSA) is 91.4 Å². The second-order valence-corrected chi connectivity index (χ2v) is 6.79. The molecule has 0 bridgehead atoms. The van der Waals surface area contributed by atoms with Gasteiger partial charge in [-0.15, -0.1) is 0 Å². The summed E-state index contributed by atoms with van der Waals surface area (Å²) >= 11 is 0. The summed E-state index contributed by atoms with van der Waals surface area (Å²) in [4.78, 5) is 12.3. The molecule has 1 saturated carbocycles. The Morgan fingerprint density at radius 3 is 2.96 bits per heavy atom. The number of nitrogens with one attached hydrogen (secondary N) is 1. The summed E-state index contributed by atoms with van der Waals surface area (Å²) in [6, 6.07) is 9.29. The summed E-state index contributed by atoms with van der Waals surface area (Å²) in [7, 11) is 0. The number of aromatic nitrogens is 3. The zero-order valence-electron chi connectivity index (χ0n) is 14.5. The molecule has 5 rings (SSSR count). The average molecular weight is 366 g/mol. The minimum atomic E-state index is -0.309. The summed E-state index contributed by atoms with van der Waals surface area (Å²) in [5.74, 6) is 2.37. The molecular formula is C19H18N4O4. The predicted octanol–water partition coefficient (Wildman–Crippen LogP) is 2.84. The van der Waals surface area contributed by atoms with Crippen LogP contribution in [0.4, 0.5) is 5.69 Å². The third-order valence-corrected chi connectivity index (χ3v) is 4.59. The fraction of sp³-hybridized carbons (Fsp3) is 0.316. The Balaban J connectivity index is 1.20. The van der Waals surface area contributed by atoms with Gasteiger partial charge in [0.15, 0.2) is 23.3 Å². The number of hydrogen-bond acceptors (Lipinski definition) is 6. The number of rotatable bonds is 5. The Kier molecular flexibility index (Phi) is 3.81. The second-order valence-electron chi connectivity index (χ2n) is 6.79. The van der Waals surface area contributed by atoms with Crippen molar-refractivity contribution in [3.8, 4) is 11.5 Å². The van der Waals surface area contributed by atoms with E-state index in [0.29, 0.717) is 24.8 Å². The number of carbonyl (C=O) groups excluding carboxylic acids is 1. The van der Waals surface area contributed by atoms with Crippen molar-refractivity contribution in [1.29, 1.82) is 0 Å². The monoisotopic (exact) mass is 366 g/mol. The van der Waals surface area contributed by atoms with E-state index < -0.39 is 0 Å². The number of benzene rings is 1. The molecule has 2 aromatic heterocycles. The third-order valence-electron chi connectivity index (χ3n) is 4.59. The van der Waals surface area contributed by atoms with Gasteiger partial charge in [0.2, 0.25) is 0 Å². The number of nitrogens with zero attached hydrogens (tertiary/aromatic N) is 3. The van der Waals surface area contributed by atoms with Gasteiger partial charge in [-0.25, -0.2) is 0 Å². The van der Waals surface area contributed by atoms with Gasteiger partial charge in [-0.3, -0.25) is 9.48 Å². The lowest BCUT2D eigenvalue weighted by Gasteiger charge is -2.26. The van der Waals surface area contributed by atoms with Crippen LogP contribution in [0.25, 0.3) is 0 Å². The first-order chi connectivity index (χ1) is 13.2. The van der Waals surface area contributed by atoms with Crippen LogP contribution < -0.4 is 14.8 Å². The molecule has 1 aliphatic heterocycles. The standard InChI is InChI=1S/C19H18N4O4/c24-19(15-7-18(27-22-15)12-5-6-12)21-13-8-20-23(9-13)10-14-11-25-16-3-1-2-4-17(16)26-14/h1-4,7-9,12,14H,5-6,10-11H2,(H,21,24). The van der Waals surface area contributed by atoms with Crippen molar-refractivity contribution in [2.24, 2.45) is 0 Å². The first-order valence-corrected chi connectivity index (χ1v) is 8.93. The van der Waals surface area contributed by atoms with Crippen molar-refractivity contribution in [3.63, 3.8) is 0 Å². The molecular weight excluding hydrogens is 348 g/mol. The minimum absolute atomic E-state index is 0.153. The maximum absolute atomic E-state index is 12.3. The first-order valence-electron chi connectivity index (χ1n) is 8.93. The Labute approximate surface area is 155 Å². The fourth-order valence-corrected chi connectivity index (χ4v) is 3.04. The molecule has 1 aromatic carbocycles. The lowest BCUT2D eigenvalue weighted by atomic mass is 10.2. The molecule has 2 aliphatic rings. The molecule has 138 valence electrons. The molecule has 8 heteroatoms. The van der Waals surface area contributed by atoms with Crippen LogP contribution in [0.1, 0.15) is 35.0 Å². The van der Waals surface area contributed by atoms with E-state index in [2.05, 4.69) is 15.6 Å². The smallest absolute Gasteiger partial charge is 0.277 e. The maximum atomic E-state index is 12.3. The van der Waals surface area contributed by atoms with E-state index in [1.165, 1.54) is 0 Å². The highest BCUT2D eigenvalue weighted by Crippen LogP contribution is 2.40. The van der Waals surface area contributed by atoms with E-state index in [9.17, 15) is 4.79 Å². The average Bonchev–Trinajstić information content (AvgIpc) is 3.25. The van der Waals surface area contributed by atoms with Gasteiger partial charge in [0.05, 0.1) is 18.4 Å². The molecule has 8 nitrogen and oxygen atoms in total. The lowest BCUT2D eigenvalue weighted by Crippen LogP contribution is -2.33. The Bertz CT molecular complexity index is 976. The van der Waals surface area contributed by atoms with E-state index >= 15 is 0 Å². The summed E-state index contributed by atoms with van der Waals surface area (Å²) in [6.45, 7) is 0.960. The Hall–Kier alpha value is -3.29. The number of fused-ring (bicyclic) bond motifs is 1. The minimum Gasteiger partial charge on any atom is -0.486 e. The van der Waals surface area contributed by atoms with Crippen LogP contribution in [0.15, 0.2) is 47.2 Å². The van der Waals surface area contributed by atoms with Crippen LogP contribution in [0.5, 0.6) is 11.5 Å². The van der Waals surface area contributed by atoms with Gasteiger partial charge in [-0.1, -0.05) is 17.3 Å². The van der Waals surface area contributed by atoms with Crippen molar-refractivity contribution in [2.75, 3.05) is 11.9 Å². The first kappa shape index (κ1) is 15.9. The second kappa shape index (κ2) is 6.46. The van der Waals surface area contributed by atoms with Gasteiger partial charge in [0.1, 0.15) is 12.4 Å². The zero-order chi connectivity index (χ0) is 18.2. The highest BCUT2D eigenvalue weighted by atomic mass is 16.6. The number of para-hydroxylation sites is 2.